The Morgan fingerprint density at radius 1 is 1.15 bits per heavy atom. The molecular formula is C24H25N3O6S. The summed E-state index contributed by atoms with van der Waals surface area (Å²) in [5.41, 5.74) is 1.05. The molecule has 2 aromatic rings. The maximum atomic E-state index is 12.5. The highest BCUT2D eigenvalue weighted by molar-refractivity contribution is 7.14. The number of esters is 1. The number of benzene rings is 1. The number of methoxy groups -OCH3 is 1. The standard InChI is InChI=1S/C24H25N3O6S/c1-15(28)27(19-9-5-6-10-20(19)32-2)24-25-16(14-34-24)13-33-21(29)11-12-26-22(30)17-7-3-4-8-18(17)23(26)31/h3-6,9-10,14,17-18H,7-8,11-13H2,1-2H3/t17-,18+. The summed E-state index contributed by atoms with van der Waals surface area (Å²) in [6, 6.07) is 7.12. The van der Waals surface area contributed by atoms with Crippen molar-refractivity contribution in [2.75, 3.05) is 18.6 Å². The molecule has 1 saturated heterocycles. The minimum atomic E-state index is -0.531. The molecule has 0 spiro atoms. The fourth-order valence-electron chi connectivity index (χ4n) is 4.21. The molecule has 4 rings (SSSR count). The Morgan fingerprint density at radius 2 is 1.82 bits per heavy atom. The molecule has 9 nitrogen and oxygen atoms in total. The van der Waals surface area contributed by atoms with Crippen molar-refractivity contribution >= 4 is 45.8 Å². The Hall–Kier alpha value is -3.53. The highest BCUT2D eigenvalue weighted by atomic mass is 32.1. The lowest BCUT2D eigenvalue weighted by molar-refractivity contribution is -0.147. The lowest BCUT2D eigenvalue weighted by Gasteiger charge is -2.20. The van der Waals surface area contributed by atoms with Crippen molar-refractivity contribution in [2.45, 2.75) is 32.8 Å². The second-order valence-electron chi connectivity index (χ2n) is 8.04. The van der Waals surface area contributed by atoms with Crippen LogP contribution in [0.25, 0.3) is 0 Å². The maximum absolute atomic E-state index is 12.5. The number of aromatic nitrogens is 1. The van der Waals surface area contributed by atoms with Gasteiger partial charge in [-0.05, 0) is 25.0 Å². The third-order valence-corrected chi connectivity index (χ3v) is 6.77. The number of fused-ring (bicyclic) bond motifs is 1. The van der Waals surface area contributed by atoms with Gasteiger partial charge in [0.15, 0.2) is 5.13 Å². The quantitative estimate of drug-likeness (QED) is 0.322. The number of likely N-dealkylation sites (tertiary alicyclic amines) is 1. The molecule has 2 heterocycles. The molecule has 3 amide bonds. The zero-order valence-electron chi connectivity index (χ0n) is 18.9. The van der Waals surface area contributed by atoms with Crippen molar-refractivity contribution in [1.29, 1.82) is 0 Å². The van der Waals surface area contributed by atoms with Gasteiger partial charge in [0.05, 0.1) is 36.7 Å². The van der Waals surface area contributed by atoms with Crippen LogP contribution in [0.2, 0.25) is 0 Å². The first-order chi connectivity index (χ1) is 16.4. The first-order valence-electron chi connectivity index (χ1n) is 10.9. The molecule has 34 heavy (non-hydrogen) atoms. The molecule has 0 unspecified atom stereocenters. The molecular weight excluding hydrogens is 458 g/mol. The van der Waals surface area contributed by atoms with Gasteiger partial charge in [0, 0.05) is 18.8 Å². The fraction of sp³-hybridized carbons (Fsp3) is 0.375. The highest BCUT2D eigenvalue weighted by Crippen LogP contribution is 2.36. The summed E-state index contributed by atoms with van der Waals surface area (Å²) in [5.74, 6) is -1.28. The Kier molecular flexibility index (Phi) is 7.06. The van der Waals surface area contributed by atoms with E-state index in [-0.39, 0.29) is 49.1 Å². The lowest BCUT2D eigenvalue weighted by Crippen LogP contribution is -2.33. The van der Waals surface area contributed by atoms with Crippen LogP contribution in [0.4, 0.5) is 10.8 Å². The zero-order valence-corrected chi connectivity index (χ0v) is 19.7. The Balaban J connectivity index is 1.34. The molecule has 1 aromatic carbocycles. The van der Waals surface area contributed by atoms with E-state index in [4.69, 9.17) is 9.47 Å². The van der Waals surface area contributed by atoms with Gasteiger partial charge >= 0.3 is 5.97 Å². The van der Waals surface area contributed by atoms with Crippen LogP contribution in [-0.4, -0.2) is 47.2 Å². The summed E-state index contributed by atoms with van der Waals surface area (Å²) in [7, 11) is 1.53. The number of rotatable bonds is 8. The molecule has 0 radical (unpaired) electrons. The number of amides is 3. The number of carbonyl (C=O) groups excluding carboxylic acids is 4. The van der Waals surface area contributed by atoms with Gasteiger partial charge in [-0.3, -0.25) is 29.0 Å². The molecule has 0 N–H and O–H groups in total. The third kappa shape index (κ3) is 4.72. The topological polar surface area (TPSA) is 106 Å². The van der Waals surface area contributed by atoms with E-state index in [0.717, 1.165) is 0 Å². The minimum absolute atomic E-state index is 0.0116. The van der Waals surface area contributed by atoms with Crippen LogP contribution in [0.15, 0.2) is 41.8 Å². The van der Waals surface area contributed by atoms with E-state index in [9.17, 15) is 19.2 Å². The summed E-state index contributed by atoms with van der Waals surface area (Å²) < 4.78 is 10.7. The molecule has 2 atom stereocenters. The summed E-state index contributed by atoms with van der Waals surface area (Å²) in [6.45, 7) is 1.36. The van der Waals surface area contributed by atoms with Crippen LogP contribution in [0.5, 0.6) is 5.75 Å². The number of hydrogen-bond donors (Lipinski definition) is 0. The van der Waals surface area contributed by atoms with E-state index in [0.29, 0.717) is 35.1 Å². The summed E-state index contributed by atoms with van der Waals surface area (Å²) >= 11 is 1.24. The Labute approximate surface area is 201 Å². The molecule has 0 bridgehead atoms. The van der Waals surface area contributed by atoms with Gasteiger partial charge < -0.3 is 9.47 Å². The monoisotopic (exact) mass is 483 g/mol. The van der Waals surface area contributed by atoms with Crippen molar-refractivity contribution in [3.05, 3.63) is 47.5 Å². The lowest BCUT2D eigenvalue weighted by atomic mass is 9.85. The maximum Gasteiger partial charge on any atom is 0.307 e. The second-order valence-corrected chi connectivity index (χ2v) is 8.88. The van der Waals surface area contributed by atoms with E-state index < -0.39 is 5.97 Å². The van der Waals surface area contributed by atoms with Crippen LogP contribution >= 0.6 is 11.3 Å². The second kappa shape index (κ2) is 10.2. The van der Waals surface area contributed by atoms with E-state index in [1.54, 1.807) is 23.6 Å². The van der Waals surface area contributed by atoms with Crippen molar-refractivity contribution in [3.8, 4) is 5.75 Å². The van der Waals surface area contributed by atoms with Crippen molar-refractivity contribution < 1.29 is 28.7 Å². The molecule has 1 aromatic heterocycles. The molecule has 178 valence electrons. The van der Waals surface area contributed by atoms with Crippen LogP contribution < -0.4 is 9.64 Å². The van der Waals surface area contributed by atoms with E-state index >= 15 is 0 Å². The number of para-hydroxylation sites is 2. The normalized spacial score (nSPS) is 19.2. The predicted molar refractivity (Wildman–Crippen MR) is 124 cm³/mol. The number of hydrogen-bond acceptors (Lipinski definition) is 8. The highest BCUT2D eigenvalue weighted by Gasteiger charge is 2.46. The largest absolute Gasteiger partial charge is 0.495 e. The van der Waals surface area contributed by atoms with Crippen LogP contribution in [0.1, 0.15) is 31.9 Å². The third-order valence-electron chi connectivity index (χ3n) is 5.89. The van der Waals surface area contributed by atoms with Gasteiger partial charge in [-0.15, -0.1) is 11.3 Å². The molecule has 1 fully saturated rings. The van der Waals surface area contributed by atoms with Crippen molar-refractivity contribution in [2.24, 2.45) is 11.8 Å². The molecule has 10 heteroatoms. The number of carbonyl (C=O) groups is 4. The molecule has 0 saturated carbocycles. The minimum Gasteiger partial charge on any atom is -0.495 e. The SMILES string of the molecule is COc1ccccc1N(C(C)=O)c1nc(COC(=O)CCN2C(=O)[C@H]3CC=CC[C@H]3C2=O)cs1. The molecule has 2 aliphatic rings. The number of thiazole rings is 1. The van der Waals surface area contributed by atoms with E-state index in [2.05, 4.69) is 4.98 Å². The summed E-state index contributed by atoms with van der Waals surface area (Å²) in [6.07, 6.45) is 4.89. The molecule has 1 aliphatic carbocycles. The fourth-order valence-corrected chi connectivity index (χ4v) is 5.07. The van der Waals surface area contributed by atoms with Crippen LogP contribution in [-0.2, 0) is 30.5 Å². The van der Waals surface area contributed by atoms with Gasteiger partial charge in [-0.2, -0.15) is 0 Å². The van der Waals surface area contributed by atoms with Gasteiger partial charge in [-0.1, -0.05) is 24.3 Å². The van der Waals surface area contributed by atoms with Crippen molar-refractivity contribution in [3.63, 3.8) is 0 Å². The predicted octanol–water partition coefficient (Wildman–Crippen LogP) is 3.22. The number of ether oxygens (including phenoxy) is 2. The average molecular weight is 484 g/mol. The smallest absolute Gasteiger partial charge is 0.307 e. The number of imide groups is 1. The van der Waals surface area contributed by atoms with E-state index in [1.807, 2.05) is 18.2 Å². The first kappa shape index (κ1) is 23.6. The summed E-state index contributed by atoms with van der Waals surface area (Å²) in [4.78, 5) is 56.6. The molecule has 1 aliphatic heterocycles. The zero-order chi connectivity index (χ0) is 24.2. The van der Waals surface area contributed by atoms with Gasteiger partial charge in [0.1, 0.15) is 12.4 Å². The van der Waals surface area contributed by atoms with Gasteiger partial charge in [0.25, 0.3) is 0 Å². The number of allylic oxidation sites excluding steroid dienone is 2. The first-order valence-corrected chi connectivity index (χ1v) is 11.8. The average Bonchev–Trinajstić information content (AvgIpc) is 3.39. The van der Waals surface area contributed by atoms with Crippen molar-refractivity contribution in [1.82, 2.24) is 9.88 Å². The number of nitrogens with zero attached hydrogens (tertiary/aromatic N) is 3. The van der Waals surface area contributed by atoms with Crippen LogP contribution in [0.3, 0.4) is 0 Å². The van der Waals surface area contributed by atoms with Gasteiger partial charge in [-0.25, -0.2) is 4.98 Å². The summed E-state index contributed by atoms with van der Waals surface area (Å²) in [5, 5.41) is 2.13. The number of anilines is 2. The van der Waals surface area contributed by atoms with Gasteiger partial charge in [0.2, 0.25) is 17.7 Å². The Morgan fingerprint density at radius 3 is 2.47 bits per heavy atom. The van der Waals surface area contributed by atoms with E-state index in [1.165, 1.54) is 35.2 Å². The Bertz CT molecular complexity index is 1120. The van der Waals surface area contributed by atoms with Crippen LogP contribution in [0, 0.1) is 11.8 Å².